The smallest absolute Gasteiger partial charge is 0.263 e. The number of hydrogen-bond acceptors (Lipinski definition) is 4. The van der Waals surface area contributed by atoms with E-state index in [2.05, 4.69) is 4.98 Å². The molecule has 3 N–H and O–H groups in total. The van der Waals surface area contributed by atoms with Crippen LogP contribution in [0.4, 0.5) is 18.9 Å². The monoisotopic (exact) mass is 317 g/mol. The number of rotatable bonds is 4. The van der Waals surface area contributed by atoms with Gasteiger partial charge in [-0.15, -0.1) is 0 Å². The summed E-state index contributed by atoms with van der Waals surface area (Å²) in [5.41, 5.74) is 4.82. The van der Waals surface area contributed by atoms with Crippen LogP contribution in [0, 0.1) is 17.5 Å². The lowest BCUT2D eigenvalue weighted by Gasteiger charge is -2.10. The average molecular weight is 317 g/mol. The first-order chi connectivity index (χ1) is 9.83. The van der Waals surface area contributed by atoms with Crippen LogP contribution < -0.4 is 10.5 Å². The summed E-state index contributed by atoms with van der Waals surface area (Å²) in [6.07, 6.45) is 1.00. The minimum absolute atomic E-state index is 0.120. The molecule has 0 unspecified atom stereocenters. The van der Waals surface area contributed by atoms with Crippen molar-refractivity contribution in [1.82, 2.24) is 4.98 Å². The van der Waals surface area contributed by atoms with Crippen molar-refractivity contribution in [1.29, 1.82) is 0 Å². The van der Waals surface area contributed by atoms with Crippen molar-refractivity contribution in [3.63, 3.8) is 0 Å². The van der Waals surface area contributed by atoms with Crippen molar-refractivity contribution in [2.45, 2.75) is 11.4 Å². The van der Waals surface area contributed by atoms with Crippen molar-refractivity contribution < 1.29 is 21.6 Å². The summed E-state index contributed by atoms with van der Waals surface area (Å²) in [7, 11) is -4.25. The van der Waals surface area contributed by atoms with Crippen molar-refractivity contribution in [2.24, 2.45) is 5.73 Å². The second-order valence-electron chi connectivity index (χ2n) is 4.04. The van der Waals surface area contributed by atoms with Crippen molar-refractivity contribution in [3.05, 3.63) is 53.6 Å². The summed E-state index contributed by atoms with van der Waals surface area (Å²) in [6.45, 7) is 0.120. The van der Waals surface area contributed by atoms with Gasteiger partial charge in [-0.3, -0.25) is 9.71 Å². The van der Waals surface area contributed by atoms with Gasteiger partial charge >= 0.3 is 0 Å². The van der Waals surface area contributed by atoms with E-state index in [-0.39, 0.29) is 11.4 Å². The van der Waals surface area contributed by atoms with E-state index in [0.29, 0.717) is 17.8 Å². The van der Waals surface area contributed by atoms with E-state index in [0.717, 1.165) is 6.20 Å². The Labute approximate surface area is 118 Å². The Morgan fingerprint density at radius 1 is 1.14 bits per heavy atom. The minimum Gasteiger partial charge on any atom is -0.325 e. The lowest BCUT2D eigenvalue weighted by atomic mass is 10.3. The van der Waals surface area contributed by atoms with Gasteiger partial charge in [0.1, 0.15) is 16.4 Å². The molecular weight excluding hydrogens is 307 g/mol. The standard InChI is InChI=1S/C12H10F3N3O2S/c13-7-3-10(14)12(11(15)4-7)18-21(19,20)9-2-1-8(5-16)17-6-9/h1-4,6,18H,5,16H2. The molecular formula is C12H10F3N3O2S. The maximum atomic E-state index is 13.4. The molecule has 2 rings (SSSR count). The topological polar surface area (TPSA) is 85.1 Å². The van der Waals surface area contributed by atoms with Crippen molar-refractivity contribution in [3.8, 4) is 0 Å². The third kappa shape index (κ3) is 3.31. The number of nitrogens with zero attached hydrogens (tertiary/aromatic N) is 1. The number of anilines is 1. The molecule has 0 aliphatic rings. The van der Waals surface area contributed by atoms with Gasteiger partial charge < -0.3 is 5.73 Å². The zero-order valence-corrected chi connectivity index (χ0v) is 11.3. The third-order valence-corrected chi connectivity index (χ3v) is 3.90. The number of sulfonamides is 1. The quantitative estimate of drug-likeness (QED) is 0.900. The first kappa shape index (κ1) is 15.3. The van der Waals surface area contributed by atoms with Crippen LogP contribution in [0.3, 0.4) is 0 Å². The highest BCUT2D eigenvalue weighted by atomic mass is 32.2. The van der Waals surface area contributed by atoms with Crippen molar-refractivity contribution >= 4 is 15.7 Å². The molecule has 0 amide bonds. The zero-order chi connectivity index (χ0) is 15.6. The van der Waals surface area contributed by atoms with Crippen LogP contribution in [-0.2, 0) is 16.6 Å². The van der Waals surface area contributed by atoms with Crippen LogP contribution in [0.15, 0.2) is 35.4 Å². The van der Waals surface area contributed by atoms with Gasteiger partial charge in [0.05, 0.1) is 5.69 Å². The Balaban J connectivity index is 2.37. The first-order valence-corrected chi connectivity index (χ1v) is 7.14. The van der Waals surface area contributed by atoms with Gasteiger partial charge in [-0.2, -0.15) is 0 Å². The van der Waals surface area contributed by atoms with Gasteiger partial charge in [0.2, 0.25) is 0 Å². The molecule has 0 radical (unpaired) electrons. The lowest BCUT2D eigenvalue weighted by Crippen LogP contribution is -2.16. The van der Waals surface area contributed by atoms with E-state index in [1.807, 2.05) is 0 Å². The van der Waals surface area contributed by atoms with Gasteiger partial charge in [-0.25, -0.2) is 21.6 Å². The second-order valence-corrected chi connectivity index (χ2v) is 5.72. The fourth-order valence-corrected chi connectivity index (χ4v) is 2.54. The number of nitrogens with one attached hydrogen (secondary N) is 1. The minimum atomic E-state index is -4.25. The highest BCUT2D eigenvalue weighted by Crippen LogP contribution is 2.23. The lowest BCUT2D eigenvalue weighted by molar-refractivity contribution is 0.547. The largest absolute Gasteiger partial charge is 0.325 e. The molecule has 0 aliphatic carbocycles. The normalized spacial score (nSPS) is 11.4. The van der Waals surface area contributed by atoms with Crippen molar-refractivity contribution in [2.75, 3.05) is 4.72 Å². The Morgan fingerprint density at radius 2 is 1.76 bits per heavy atom. The molecule has 0 bridgehead atoms. The van der Waals surface area contributed by atoms with Gasteiger partial charge in [0.25, 0.3) is 10.0 Å². The fourth-order valence-electron chi connectivity index (χ4n) is 1.52. The summed E-state index contributed by atoms with van der Waals surface area (Å²) in [6, 6.07) is 3.30. The fraction of sp³-hybridized carbons (Fsp3) is 0.0833. The molecule has 112 valence electrons. The Kier molecular flexibility index (Phi) is 4.14. The van der Waals surface area contributed by atoms with E-state index in [9.17, 15) is 21.6 Å². The number of aromatic nitrogens is 1. The van der Waals surface area contributed by atoms with Crippen LogP contribution in [0.1, 0.15) is 5.69 Å². The molecule has 1 aromatic heterocycles. The summed E-state index contributed by atoms with van der Waals surface area (Å²) in [5.74, 6) is -3.87. The molecule has 0 spiro atoms. The summed E-state index contributed by atoms with van der Waals surface area (Å²) in [5, 5.41) is 0. The summed E-state index contributed by atoms with van der Waals surface area (Å²) >= 11 is 0. The summed E-state index contributed by atoms with van der Waals surface area (Å²) in [4.78, 5) is 3.47. The number of hydrogen-bond donors (Lipinski definition) is 2. The highest BCUT2D eigenvalue weighted by Gasteiger charge is 2.20. The molecule has 0 fully saturated rings. The van der Waals surface area contributed by atoms with Gasteiger partial charge in [0.15, 0.2) is 11.6 Å². The Bertz CT molecular complexity index is 741. The van der Waals surface area contributed by atoms with Crippen LogP contribution in [-0.4, -0.2) is 13.4 Å². The average Bonchev–Trinajstić information content (AvgIpc) is 2.43. The molecule has 0 saturated carbocycles. The molecule has 0 aliphatic heterocycles. The van der Waals surface area contributed by atoms with E-state index in [1.165, 1.54) is 12.1 Å². The molecule has 2 aromatic rings. The SMILES string of the molecule is NCc1ccc(S(=O)(=O)Nc2c(F)cc(F)cc2F)cn1. The molecule has 0 saturated heterocycles. The first-order valence-electron chi connectivity index (χ1n) is 5.66. The third-order valence-electron chi connectivity index (χ3n) is 2.56. The van der Waals surface area contributed by atoms with Gasteiger partial charge in [-0.05, 0) is 12.1 Å². The maximum absolute atomic E-state index is 13.4. The number of benzene rings is 1. The van der Waals surface area contributed by atoms with Gasteiger partial charge in [0, 0.05) is 24.9 Å². The molecule has 0 atom stereocenters. The Morgan fingerprint density at radius 3 is 2.24 bits per heavy atom. The van der Waals surface area contributed by atoms with Crippen LogP contribution in [0.25, 0.3) is 0 Å². The summed E-state index contributed by atoms with van der Waals surface area (Å²) < 4.78 is 65.3. The van der Waals surface area contributed by atoms with Crippen LogP contribution in [0.5, 0.6) is 0 Å². The molecule has 1 aromatic carbocycles. The number of nitrogens with two attached hydrogens (primary N) is 1. The molecule has 21 heavy (non-hydrogen) atoms. The molecule has 5 nitrogen and oxygen atoms in total. The molecule has 1 heterocycles. The maximum Gasteiger partial charge on any atom is 0.263 e. The highest BCUT2D eigenvalue weighted by molar-refractivity contribution is 7.92. The predicted octanol–water partition coefficient (Wildman–Crippen LogP) is 1.76. The van der Waals surface area contributed by atoms with E-state index < -0.39 is 33.2 Å². The van der Waals surface area contributed by atoms with E-state index in [4.69, 9.17) is 5.73 Å². The van der Waals surface area contributed by atoms with E-state index in [1.54, 1.807) is 4.72 Å². The number of halogens is 3. The molecule has 9 heteroatoms. The number of pyridine rings is 1. The van der Waals surface area contributed by atoms with Crippen LogP contribution >= 0.6 is 0 Å². The predicted molar refractivity (Wildman–Crippen MR) is 69.3 cm³/mol. The van der Waals surface area contributed by atoms with Gasteiger partial charge in [-0.1, -0.05) is 0 Å². The zero-order valence-electron chi connectivity index (χ0n) is 10.5. The second kappa shape index (κ2) is 5.70. The van der Waals surface area contributed by atoms with Crippen LogP contribution in [0.2, 0.25) is 0 Å². The van der Waals surface area contributed by atoms with E-state index >= 15 is 0 Å². The Hall–Kier alpha value is -2.13.